The SMILES string of the molecule is COCC(C)NC(=O)Cn1c(=O)c(N)cn(C)c1=O. The van der Waals surface area contributed by atoms with Crippen LogP contribution in [0.25, 0.3) is 0 Å². The number of aromatic nitrogens is 2. The number of nitrogen functional groups attached to an aromatic ring is 1. The van der Waals surface area contributed by atoms with Crippen LogP contribution in [0.5, 0.6) is 0 Å². The van der Waals surface area contributed by atoms with Gasteiger partial charge in [0.05, 0.1) is 6.61 Å². The van der Waals surface area contributed by atoms with E-state index in [0.29, 0.717) is 6.61 Å². The number of carbonyl (C=O) groups excluding carboxylic acids is 1. The van der Waals surface area contributed by atoms with Gasteiger partial charge < -0.3 is 20.4 Å². The van der Waals surface area contributed by atoms with E-state index < -0.39 is 17.2 Å². The highest BCUT2D eigenvalue weighted by Gasteiger charge is 2.13. The van der Waals surface area contributed by atoms with Gasteiger partial charge in [-0.05, 0) is 6.92 Å². The van der Waals surface area contributed by atoms with Crippen LogP contribution in [-0.4, -0.2) is 34.8 Å². The van der Waals surface area contributed by atoms with Gasteiger partial charge in [-0.25, -0.2) is 9.36 Å². The summed E-state index contributed by atoms with van der Waals surface area (Å²) in [5, 5.41) is 2.61. The molecule has 19 heavy (non-hydrogen) atoms. The lowest BCUT2D eigenvalue weighted by Crippen LogP contribution is -2.45. The van der Waals surface area contributed by atoms with E-state index in [1.165, 1.54) is 20.4 Å². The molecule has 0 aliphatic carbocycles. The molecule has 1 atom stereocenters. The molecule has 1 rings (SSSR count). The number of hydrogen-bond donors (Lipinski definition) is 2. The Kier molecular flexibility index (Phi) is 4.87. The first-order valence-corrected chi connectivity index (χ1v) is 5.71. The molecule has 3 N–H and O–H groups in total. The molecule has 0 radical (unpaired) electrons. The van der Waals surface area contributed by atoms with E-state index >= 15 is 0 Å². The van der Waals surface area contributed by atoms with Crippen LogP contribution in [0.3, 0.4) is 0 Å². The summed E-state index contributed by atoms with van der Waals surface area (Å²) in [5.41, 5.74) is 4.13. The molecule has 1 aromatic heterocycles. The highest BCUT2D eigenvalue weighted by Crippen LogP contribution is 1.88. The fraction of sp³-hybridized carbons (Fsp3) is 0.545. The van der Waals surface area contributed by atoms with Crippen molar-refractivity contribution in [2.24, 2.45) is 7.05 Å². The number of anilines is 1. The number of hydrogen-bond acceptors (Lipinski definition) is 5. The molecule has 1 aromatic rings. The second-order valence-electron chi connectivity index (χ2n) is 4.29. The summed E-state index contributed by atoms with van der Waals surface area (Å²) in [6.07, 6.45) is 1.23. The highest BCUT2D eigenvalue weighted by atomic mass is 16.5. The molecule has 0 aromatic carbocycles. The van der Waals surface area contributed by atoms with Crippen LogP contribution in [0.4, 0.5) is 5.69 Å². The van der Waals surface area contributed by atoms with Crippen LogP contribution in [0.1, 0.15) is 6.92 Å². The molecule has 0 aliphatic rings. The van der Waals surface area contributed by atoms with Gasteiger partial charge in [0.1, 0.15) is 12.2 Å². The lowest BCUT2D eigenvalue weighted by atomic mass is 10.3. The van der Waals surface area contributed by atoms with Crippen molar-refractivity contribution in [1.82, 2.24) is 14.5 Å². The Morgan fingerprint density at radius 2 is 2.16 bits per heavy atom. The molecule has 1 amide bonds. The third kappa shape index (κ3) is 3.68. The number of nitrogens with one attached hydrogen (secondary N) is 1. The summed E-state index contributed by atoms with van der Waals surface area (Å²) < 4.78 is 6.82. The van der Waals surface area contributed by atoms with Crippen molar-refractivity contribution < 1.29 is 9.53 Å². The smallest absolute Gasteiger partial charge is 0.331 e. The van der Waals surface area contributed by atoms with Gasteiger partial charge in [-0.2, -0.15) is 0 Å². The average Bonchev–Trinajstić information content (AvgIpc) is 2.32. The number of ether oxygens (including phenoxy) is 1. The van der Waals surface area contributed by atoms with Crippen LogP contribution in [0, 0.1) is 0 Å². The van der Waals surface area contributed by atoms with Crippen LogP contribution < -0.4 is 22.3 Å². The summed E-state index contributed by atoms with van der Waals surface area (Å²) in [6, 6.07) is -0.210. The minimum Gasteiger partial charge on any atom is -0.393 e. The predicted octanol–water partition coefficient (Wildman–Crippen LogP) is -1.72. The molecule has 0 spiro atoms. The average molecular weight is 270 g/mol. The Hall–Kier alpha value is -2.09. The molecule has 8 nitrogen and oxygen atoms in total. The van der Waals surface area contributed by atoms with E-state index in [1.54, 1.807) is 6.92 Å². The maximum absolute atomic E-state index is 11.8. The summed E-state index contributed by atoms with van der Waals surface area (Å²) in [6.45, 7) is 1.72. The van der Waals surface area contributed by atoms with Crippen molar-refractivity contribution in [3.05, 3.63) is 27.0 Å². The summed E-state index contributed by atoms with van der Waals surface area (Å²) in [4.78, 5) is 35.2. The standard InChI is InChI=1S/C11H18N4O4/c1-7(6-19-3)13-9(16)5-15-10(17)8(12)4-14(2)11(15)18/h4,7H,5-6,12H2,1-3H3,(H,13,16). The van der Waals surface area contributed by atoms with Crippen LogP contribution >= 0.6 is 0 Å². The summed E-state index contributed by atoms with van der Waals surface area (Å²) in [5.74, 6) is -0.450. The maximum atomic E-state index is 11.8. The van der Waals surface area contributed by atoms with Gasteiger partial charge in [0.25, 0.3) is 5.56 Å². The Morgan fingerprint density at radius 3 is 2.74 bits per heavy atom. The van der Waals surface area contributed by atoms with Gasteiger partial charge in [0, 0.05) is 26.4 Å². The number of nitrogens with two attached hydrogens (primary N) is 1. The molecule has 0 bridgehead atoms. The second kappa shape index (κ2) is 6.19. The summed E-state index contributed by atoms with van der Waals surface area (Å²) >= 11 is 0. The summed E-state index contributed by atoms with van der Waals surface area (Å²) in [7, 11) is 2.97. The minimum atomic E-state index is -0.669. The molecule has 0 saturated carbocycles. The van der Waals surface area contributed by atoms with Crippen molar-refractivity contribution >= 4 is 11.6 Å². The number of nitrogens with zero attached hydrogens (tertiary/aromatic N) is 2. The minimum absolute atomic E-state index is 0.0835. The molecule has 0 saturated heterocycles. The molecule has 0 fully saturated rings. The number of methoxy groups -OCH3 is 1. The largest absolute Gasteiger partial charge is 0.393 e. The highest BCUT2D eigenvalue weighted by molar-refractivity contribution is 5.76. The van der Waals surface area contributed by atoms with E-state index in [9.17, 15) is 14.4 Å². The molecule has 106 valence electrons. The Bertz CT molecular complexity index is 541. The topological polar surface area (TPSA) is 108 Å². The Balaban J connectivity index is 2.92. The molecular formula is C11H18N4O4. The fourth-order valence-corrected chi connectivity index (χ4v) is 1.65. The van der Waals surface area contributed by atoms with Gasteiger partial charge in [-0.15, -0.1) is 0 Å². The molecule has 8 heteroatoms. The Morgan fingerprint density at radius 1 is 1.53 bits per heavy atom. The van der Waals surface area contributed by atoms with Crippen molar-refractivity contribution in [2.45, 2.75) is 19.5 Å². The van der Waals surface area contributed by atoms with E-state index in [0.717, 1.165) is 9.13 Å². The van der Waals surface area contributed by atoms with E-state index in [4.69, 9.17) is 10.5 Å². The zero-order valence-electron chi connectivity index (χ0n) is 11.2. The maximum Gasteiger partial charge on any atom is 0.331 e. The first kappa shape index (κ1) is 15.0. The van der Waals surface area contributed by atoms with Gasteiger partial charge >= 0.3 is 5.69 Å². The van der Waals surface area contributed by atoms with Crippen LogP contribution in [-0.2, 0) is 23.1 Å². The molecule has 0 aliphatic heterocycles. The fourth-order valence-electron chi connectivity index (χ4n) is 1.65. The normalized spacial score (nSPS) is 12.2. The number of rotatable bonds is 5. The molecule has 1 unspecified atom stereocenters. The predicted molar refractivity (Wildman–Crippen MR) is 69.8 cm³/mol. The van der Waals surface area contributed by atoms with Crippen molar-refractivity contribution in [1.29, 1.82) is 0 Å². The van der Waals surface area contributed by atoms with Gasteiger partial charge in [0.2, 0.25) is 5.91 Å². The van der Waals surface area contributed by atoms with E-state index in [2.05, 4.69) is 5.32 Å². The van der Waals surface area contributed by atoms with E-state index in [1.807, 2.05) is 0 Å². The number of aryl methyl sites for hydroxylation is 1. The first-order valence-electron chi connectivity index (χ1n) is 5.71. The van der Waals surface area contributed by atoms with Gasteiger partial charge in [-0.1, -0.05) is 0 Å². The lowest BCUT2D eigenvalue weighted by molar-refractivity contribution is -0.122. The Labute approximate surface area is 109 Å². The van der Waals surface area contributed by atoms with Crippen molar-refractivity contribution in [2.75, 3.05) is 19.5 Å². The number of amides is 1. The van der Waals surface area contributed by atoms with Gasteiger partial charge in [0.15, 0.2) is 0 Å². The monoisotopic (exact) mass is 270 g/mol. The zero-order chi connectivity index (χ0) is 14.6. The third-order valence-electron chi connectivity index (χ3n) is 2.48. The third-order valence-corrected chi connectivity index (χ3v) is 2.48. The molecular weight excluding hydrogens is 252 g/mol. The number of carbonyl (C=O) groups is 1. The van der Waals surface area contributed by atoms with Crippen LogP contribution in [0.15, 0.2) is 15.8 Å². The van der Waals surface area contributed by atoms with Gasteiger partial charge in [-0.3, -0.25) is 9.59 Å². The van der Waals surface area contributed by atoms with Crippen molar-refractivity contribution in [3.63, 3.8) is 0 Å². The second-order valence-corrected chi connectivity index (χ2v) is 4.29. The lowest BCUT2D eigenvalue weighted by Gasteiger charge is -2.13. The van der Waals surface area contributed by atoms with Crippen molar-refractivity contribution in [3.8, 4) is 0 Å². The molecule has 1 heterocycles. The van der Waals surface area contributed by atoms with E-state index in [-0.39, 0.29) is 18.3 Å². The van der Waals surface area contributed by atoms with Crippen LogP contribution in [0.2, 0.25) is 0 Å². The quantitative estimate of drug-likeness (QED) is 0.661. The zero-order valence-corrected chi connectivity index (χ0v) is 11.2. The first-order chi connectivity index (χ1) is 8.86.